The first-order valence-electron chi connectivity index (χ1n) is 12.1. The fourth-order valence-electron chi connectivity index (χ4n) is 4.30. The molecular weight excluding hydrogens is 620 g/mol. The number of allylic oxidation sites excluding steroid dienone is 1. The second-order valence-corrected chi connectivity index (χ2v) is 11.3. The normalized spacial score (nSPS) is 14.9. The van der Waals surface area contributed by atoms with Gasteiger partial charge in [0, 0.05) is 10.0 Å². The summed E-state index contributed by atoms with van der Waals surface area (Å²) in [4.78, 5) is 32.4. The van der Waals surface area contributed by atoms with E-state index in [-0.39, 0.29) is 28.9 Å². The molecule has 0 bridgehead atoms. The van der Waals surface area contributed by atoms with E-state index < -0.39 is 12.0 Å². The summed E-state index contributed by atoms with van der Waals surface area (Å²) < 4.78 is 24.8. The van der Waals surface area contributed by atoms with Crippen LogP contribution in [0.1, 0.15) is 37.9 Å². The third kappa shape index (κ3) is 5.82. The Kier molecular flexibility index (Phi) is 9.08. The summed E-state index contributed by atoms with van der Waals surface area (Å²) in [6.07, 6.45) is 6.62. The lowest BCUT2D eigenvalue weighted by Gasteiger charge is -2.26. The van der Waals surface area contributed by atoms with Gasteiger partial charge in [-0.25, -0.2) is 9.79 Å². The topological polar surface area (TPSA) is 88.4 Å². The Labute approximate surface area is 248 Å². The van der Waals surface area contributed by atoms with Crippen molar-refractivity contribution in [2.75, 3.05) is 20.8 Å². The maximum atomic E-state index is 14.0. The van der Waals surface area contributed by atoms with Gasteiger partial charge in [0.15, 0.2) is 16.3 Å². The van der Waals surface area contributed by atoms with Crippen LogP contribution in [-0.4, -0.2) is 37.5 Å². The van der Waals surface area contributed by atoms with Crippen molar-refractivity contribution in [2.24, 2.45) is 4.99 Å². The minimum atomic E-state index is -0.838. The lowest BCUT2D eigenvalue weighted by molar-refractivity contribution is -0.143. The molecule has 0 N–H and O–H groups in total. The van der Waals surface area contributed by atoms with Gasteiger partial charge >= 0.3 is 5.97 Å². The van der Waals surface area contributed by atoms with Crippen molar-refractivity contribution in [1.82, 2.24) is 4.57 Å². The van der Waals surface area contributed by atoms with Crippen LogP contribution in [0.2, 0.25) is 5.02 Å². The quantitative estimate of drug-likeness (QED) is 0.262. The van der Waals surface area contributed by atoms with Gasteiger partial charge in [0.25, 0.3) is 5.56 Å². The summed E-state index contributed by atoms with van der Waals surface area (Å²) in [5, 5.41) is 0.278. The van der Waals surface area contributed by atoms with Crippen molar-refractivity contribution in [3.8, 4) is 29.6 Å². The first kappa shape index (κ1) is 29.5. The molecule has 40 heavy (non-hydrogen) atoms. The average molecular weight is 646 g/mol. The predicted molar refractivity (Wildman–Crippen MR) is 158 cm³/mol. The maximum Gasteiger partial charge on any atom is 0.338 e. The fourth-order valence-corrected chi connectivity index (χ4v) is 6.00. The zero-order valence-electron chi connectivity index (χ0n) is 22.4. The maximum absolute atomic E-state index is 14.0. The summed E-state index contributed by atoms with van der Waals surface area (Å²) in [6.45, 7) is 5.28. The molecule has 3 aromatic rings. The molecule has 2 aromatic carbocycles. The molecule has 8 nitrogen and oxygen atoms in total. The summed E-state index contributed by atoms with van der Waals surface area (Å²) in [5.41, 5.74) is 1.57. The number of hydrogen-bond acceptors (Lipinski definition) is 8. The third-order valence-electron chi connectivity index (χ3n) is 5.92. The largest absolute Gasteiger partial charge is 0.496 e. The molecule has 0 amide bonds. The fraction of sp³-hybridized carbons (Fsp3) is 0.276. The minimum absolute atomic E-state index is 0.0218. The Balaban J connectivity index is 1.96. The average Bonchev–Trinajstić information content (AvgIpc) is 3.20. The number of benzene rings is 2. The monoisotopic (exact) mass is 644 g/mol. The first-order valence-corrected chi connectivity index (χ1v) is 14.1. The number of ether oxygens (including phenoxy) is 4. The van der Waals surface area contributed by atoms with Crippen LogP contribution in [0.3, 0.4) is 0 Å². The molecule has 0 saturated carbocycles. The molecule has 2 heterocycles. The summed E-state index contributed by atoms with van der Waals surface area (Å²) in [6, 6.07) is 7.93. The van der Waals surface area contributed by atoms with E-state index in [0.717, 1.165) is 4.47 Å². The van der Waals surface area contributed by atoms with Crippen molar-refractivity contribution in [3.63, 3.8) is 0 Å². The number of carbonyl (C=O) groups excluding carboxylic acids is 1. The highest BCUT2D eigenvalue weighted by Crippen LogP contribution is 2.38. The molecule has 208 valence electrons. The second kappa shape index (κ2) is 12.3. The smallest absolute Gasteiger partial charge is 0.338 e. The van der Waals surface area contributed by atoms with E-state index >= 15 is 0 Å². The Morgan fingerprint density at radius 3 is 2.62 bits per heavy atom. The Hall–Kier alpha value is -3.52. The van der Waals surface area contributed by atoms with Gasteiger partial charge in [-0.15, -0.1) is 6.42 Å². The molecule has 0 fully saturated rings. The highest BCUT2D eigenvalue weighted by atomic mass is 79.9. The van der Waals surface area contributed by atoms with E-state index in [1.165, 1.54) is 30.1 Å². The van der Waals surface area contributed by atoms with Crippen LogP contribution in [0.4, 0.5) is 0 Å². The Morgan fingerprint density at radius 1 is 1.25 bits per heavy atom. The number of thiazole rings is 1. The van der Waals surface area contributed by atoms with Gasteiger partial charge in [0.1, 0.15) is 18.4 Å². The van der Waals surface area contributed by atoms with Gasteiger partial charge in [-0.1, -0.05) is 44.8 Å². The number of halogens is 2. The number of fused-ring (bicyclic) bond motifs is 1. The number of aromatic nitrogens is 1. The molecule has 0 saturated heterocycles. The summed E-state index contributed by atoms with van der Waals surface area (Å²) in [7, 11) is 3.02. The highest BCUT2D eigenvalue weighted by Gasteiger charge is 2.35. The molecule has 1 aliphatic rings. The van der Waals surface area contributed by atoms with Crippen LogP contribution in [0, 0.1) is 12.3 Å². The van der Waals surface area contributed by atoms with Gasteiger partial charge in [-0.2, -0.15) is 0 Å². The van der Waals surface area contributed by atoms with Gasteiger partial charge in [-0.3, -0.25) is 9.36 Å². The number of nitrogens with zero attached hydrogens (tertiary/aromatic N) is 2. The number of terminal acetylenes is 1. The number of hydrogen-bond donors (Lipinski definition) is 0. The summed E-state index contributed by atoms with van der Waals surface area (Å²) >= 11 is 11.1. The van der Waals surface area contributed by atoms with Gasteiger partial charge < -0.3 is 18.9 Å². The van der Waals surface area contributed by atoms with Gasteiger partial charge in [-0.05, 0) is 62.7 Å². The van der Waals surface area contributed by atoms with Crippen molar-refractivity contribution < 1.29 is 23.7 Å². The van der Waals surface area contributed by atoms with Crippen molar-refractivity contribution >= 4 is 50.9 Å². The van der Waals surface area contributed by atoms with Gasteiger partial charge in [0.05, 0.1) is 41.1 Å². The first-order chi connectivity index (χ1) is 19.1. The van der Waals surface area contributed by atoms with E-state index in [2.05, 4.69) is 26.8 Å². The molecule has 1 aliphatic heterocycles. The van der Waals surface area contributed by atoms with Crippen molar-refractivity contribution in [3.05, 3.63) is 81.9 Å². The minimum Gasteiger partial charge on any atom is -0.496 e. The van der Waals surface area contributed by atoms with E-state index in [0.29, 0.717) is 43.4 Å². The van der Waals surface area contributed by atoms with Crippen LogP contribution < -0.4 is 29.1 Å². The zero-order valence-corrected chi connectivity index (χ0v) is 25.6. The van der Waals surface area contributed by atoms with Gasteiger partial charge in [0.2, 0.25) is 0 Å². The van der Waals surface area contributed by atoms with Crippen molar-refractivity contribution in [1.29, 1.82) is 0 Å². The van der Waals surface area contributed by atoms with Crippen molar-refractivity contribution in [2.45, 2.75) is 32.9 Å². The Bertz CT molecular complexity index is 1730. The van der Waals surface area contributed by atoms with E-state index in [9.17, 15) is 9.59 Å². The standard InChI is InChI=1S/C29H26BrClN2O6S/c1-7-10-38-26-20(31)11-17(12-22(26)37-6)13-23-27(34)33-25(19-14-18(30)8-9-21(19)36-5)24(28(35)39-15(2)3)16(4)32-29(33)40-23/h1,8-9,11-15,25H,10H2,2-6H3/b23-13-/t25-/m1/s1. The SMILES string of the molecule is C#CCOc1c(Cl)cc(/C=c2\sc3n(c2=O)[C@H](c2cc(Br)ccc2OC)C(C(=O)OC(C)C)=C(C)N=3)cc1OC. The molecular formula is C29H26BrClN2O6S. The van der Waals surface area contributed by atoms with Crippen LogP contribution in [-0.2, 0) is 9.53 Å². The lowest BCUT2D eigenvalue weighted by Crippen LogP contribution is -2.40. The number of rotatable bonds is 8. The molecule has 0 unspecified atom stereocenters. The molecule has 0 radical (unpaired) electrons. The molecule has 1 aromatic heterocycles. The molecule has 4 rings (SSSR count). The predicted octanol–water partition coefficient (Wildman–Crippen LogP) is 4.63. The van der Waals surface area contributed by atoms with Crippen LogP contribution in [0.25, 0.3) is 6.08 Å². The second-order valence-electron chi connectivity index (χ2n) is 8.95. The van der Waals surface area contributed by atoms with E-state index in [1.54, 1.807) is 45.0 Å². The zero-order chi connectivity index (χ0) is 29.1. The Morgan fingerprint density at radius 2 is 1.98 bits per heavy atom. The number of carbonyl (C=O) groups is 1. The molecule has 0 spiro atoms. The van der Waals surface area contributed by atoms with Crippen LogP contribution in [0.5, 0.6) is 17.2 Å². The van der Waals surface area contributed by atoms with Crippen LogP contribution in [0.15, 0.2) is 55.9 Å². The van der Waals surface area contributed by atoms with Crippen LogP contribution >= 0.6 is 38.9 Å². The molecule has 1 atom stereocenters. The van der Waals surface area contributed by atoms with E-state index in [1.807, 2.05) is 12.1 Å². The summed E-state index contributed by atoms with van der Waals surface area (Å²) in [5.74, 6) is 3.02. The third-order valence-corrected chi connectivity index (χ3v) is 7.68. The number of methoxy groups -OCH3 is 2. The highest BCUT2D eigenvalue weighted by molar-refractivity contribution is 9.10. The number of esters is 1. The van der Waals surface area contributed by atoms with E-state index in [4.69, 9.17) is 37.0 Å². The lowest BCUT2D eigenvalue weighted by atomic mass is 9.95. The molecule has 0 aliphatic carbocycles. The molecule has 11 heteroatoms.